The SMILES string of the molecule is C[C@H](NC(=O)/C=C1\Sc2ccccc2NC1=O)c1ccc2c(c1)OCCO2. The predicted octanol–water partition coefficient (Wildman–Crippen LogP) is 3.26. The number of thioether (sulfide) groups is 1. The summed E-state index contributed by atoms with van der Waals surface area (Å²) in [5.41, 5.74) is 1.66. The van der Waals surface area contributed by atoms with E-state index < -0.39 is 0 Å². The quantitative estimate of drug-likeness (QED) is 0.797. The molecule has 2 aliphatic heterocycles. The Hall–Kier alpha value is -2.93. The maximum atomic E-state index is 12.4. The molecule has 1 atom stereocenters. The number of fused-ring (bicyclic) bond motifs is 2. The van der Waals surface area contributed by atoms with Crippen molar-refractivity contribution < 1.29 is 19.1 Å². The van der Waals surface area contributed by atoms with Gasteiger partial charge < -0.3 is 20.1 Å². The monoisotopic (exact) mass is 382 g/mol. The summed E-state index contributed by atoms with van der Waals surface area (Å²) in [6, 6.07) is 12.8. The van der Waals surface area contributed by atoms with Gasteiger partial charge in [0.2, 0.25) is 5.91 Å². The van der Waals surface area contributed by atoms with Crippen molar-refractivity contribution >= 4 is 29.3 Å². The molecule has 7 heteroatoms. The van der Waals surface area contributed by atoms with Crippen molar-refractivity contribution in [3.05, 3.63) is 59.0 Å². The van der Waals surface area contributed by atoms with Crippen LogP contribution in [0.25, 0.3) is 0 Å². The van der Waals surface area contributed by atoms with Crippen molar-refractivity contribution in [2.45, 2.75) is 17.9 Å². The first-order chi connectivity index (χ1) is 13.1. The Balaban J connectivity index is 1.46. The van der Waals surface area contributed by atoms with Crippen LogP contribution in [0.3, 0.4) is 0 Å². The highest BCUT2D eigenvalue weighted by atomic mass is 32.2. The van der Waals surface area contributed by atoms with E-state index in [0.717, 1.165) is 16.1 Å². The van der Waals surface area contributed by atoms with Crippen molar-refractivity contribution in [1.29, 1.82) is 0 Å². The number of anilines is 1. The molecule has 6 nitrogen and oxygen atoms in total. The smallest absolute Gasteiger partial charge is 0.262 e. The normalized spacial score (nSPS) is 17.7. The Labute approximate surface area is 160 Å². The number of nitrogens with one attached hydrogen (secondary N) is 2. The number of hydrogen-bond acceptors (Lipinski definition) is 5. The molecule has 0 aromatic heterocycles. The van der Waals surface area contributed by atoms with Gasteiger partial charge in [0, 0.05) is 11.0 Å². The summed E-state index contributed by atoms with van der Waals surface area (Å²) in [4.78, 5) is 25.9. The molecule has 0 spiro atoms. The number of benzene rings is 2. The summed E-state index contributed by atoms with van der Waals surface area (Å²) in [5, 5.41) is 5.69. The molecule has 4 rings (SSSR count). The molecule has 2 amide bonds. The van der Waals surface area contributed by atoms with Crippen molar-refractivity contribution in [2.75, 3.05) is 18.5 Å². The molecule has 0 unspecified atom stereocenters. The third-order valence-electron chi connectivity index (χ3n) is 4.27. The minimum Gasteiger partial charge on any atom is -0.486 e. The zero-order valence-corrected chi connectivity index (χ0v) is 15.5. The standard InChI is InChI=1S/C20H18N2O4S/c1-12(13-6-7-15-16(10-13)26-9-8-25-15)21-19(23)11-18-20(24)22-14-4-2-3-5-17(14)27-18/h2-7,10-12H,8-9H2,1H3,(H,21,23)(H,22,24)/b18-11-/t12-/m0/s1. The summed E-state index contributed by atoms with van der Waals surface area (Å²) < 4.78 is 11.1. The molecule has 27 heavy (non-hydrogen) atoms. The van der Waals surface area contributed by atoms with Crippen LogP contribution in [0.1, 0.15) is 18.5 Å². The highest BCUT2D eigenvalue weighted by Crippen LogP contribution is 2.37. The number of carbonyl (C=O) groups is 2. The van der Waals surface area contributed by atoms with Gasteiger partial charge in [0.05, 0.1) is 16.6 Å². The fourth-order valence-corrected chi connectivity index (χ4v) is 3.81. The van der Waals surface area contributed by atoms with Gasteiger partial charge in [-0.3, -0.25) is 9.59 Å². The number of carbonyl (C=O) groups excluding carboxylic acids is 2. The van der Waals surface area contributed by atoms with Crippen LogP contribution in [0, 0.1) is 0 Å². The van der Waals surface area contributed by atoms with Gasteiger partial charge in [-0.2, -0.15) is 0 Å². The maximum absolute atomic E-state index is 12.4. The molecule has 2 aromatic rings. The van der Waals surface area contributed by atoms with Crippen LogP contribution in [0.15, 0.2) is 58.3 Å². The molecule has 0 radical (unpaired) electrons. The first-order valence-electron chi connectivity index (χ1n) is 8.60. The fraction of sp³-hybridized carbons (Fsp3) is 0.200. The van der Waals surface area contributed by atoms with Crippen molar-refractivity contribution in [1.82, 2.24) is 5.32 Å². The Morgan fingerprint density at radius 2 is 1.96 bits per heavy atom. The number of amides is 2. The second-order valence-corrected chi connectivity index (χ2v) is 7.28. The van der Waals surface area contributed by atoms with Crippen LogP contribution in [0.4, 0.5) is 5.69 Å². The molecule has 2 N–H and O–H groups in total. The third kappa shape index (κ3) is 3.78. The second-order valence-electron chi connectivity index (χ2n) is 6.19. The zero-order valence-electron chi connectivity index (χ0n) is 14.7. The third-order valence-corrected chi connectivity index (χ3v) is 5.37. The van der Waals surface area contributed by atoms with Crippen LogP contribution in [-0.4, -0.2) is 25.0 Å². The lowest BCUT2D eigenvalue weighted by molar-refractivity contribution is -0.118. The topological polar surface area (TPSA) is 76.7 Å². The van der Waals surface area contributed by atoms with E-state index in [9.17, 15) is 9.59 Å². The van der Waals surface area contributed by atoms with Gasteiger partial charge in [-0.1, -0.05) is 30.0 Å². The summed E-state index contributed by atoms with van der Waals surface area (Å²) in [6.07, 6.45) is 1.34. The Kier molecular flexibility index (Phi) is 4.77. The summed E-state index contributed by atoms with van der Waals surface area (Å²) >= 11 is 1.29. The van der Waals surface area contributed by atoms with Crippen LogP contribution in [0.5, 0.6) is 11.5 Å². The fourth-order valence-electron chi connectivity index (χ4n) is 2.89. The van der Waals surface area contributed by atoms with E-state index in [0.29, 0.717) is 29.6 Å². The molecule has 0 bridgehead atoms. The number of para-hydroxylation sites is 1. The predicted molar refractivity (Wildman–Crippen MR) is 103 cm³/mol. The highest BCUT2D eigenvalue weighted by molar-refractivity contribution is 8.04. The Morgan fingerprint density at radius 3 is 2.81 bits per heavy atom. The number of hydrogen-bond donors (Lipinski definition) is 2. The molecule has 0 saturated carbocycles. The lowest BCUT2D eigenvalue weighted by Gasteiger charge is -2.21. The van der Waals surface area contributed by atoms with Gasteiger partial charge in [0.15, 0.2) is 11.5 Å². The van der Waals surface area contributed by atoms with Crippen LogP contribution < -0.4 is 20.1 Å². The summed E-state index contributed by atoms with van der Waals surface area (Å²) in [6.45, 7) is 2.93. The summed E-state index contributed by atoms with van der Waals surface area (Å²) in [5.74, 6) is 0.784. The van der Waals surface area contributed by atoms with Gasteiger partial charge in [0.1, 0.15) is 13.2 Å². The minimum absolute atomic E-state index is 0.242. The first kappa shape index (κ1) is 17.5. The highest BCUT2D eigenvalue weighted by Gasteiger charge is 2.22. The largest absolute Gasteiger partial charge is 0.486 e. The average Bonchev–Trinajstić information content (AvgIpc) is 2.68. The number of ether oxygens (including phenoxy) is 2. The van der Waals surface area contributed by atoms with Crippen molar-refractivity contribution in [3.63, 3.8) is 0 Å². The van der Waals surface area contributed by atoms with E-state index in [1.54, 1.807) is 0 Å². The van der Waals surface area contributed by atoms with Gasteiger partial charge in [-0.25, -0.2) is 0 Å². The van der Waals surface area contributed by atoms with E-state index in [1.807, 2.05) is 49.4 Å². The average molecular weight is 382 g/mol. The molecule has 2 aliphatic rings. The molecule has 0 aliphatic carbocycles. The lowest BCUT2D eigenvalue weighted by atomic mass is 10.1. The van der Waals surface area contributed by atoms with Crippen molar-refractivity contribution in [3.8, 4) is 11.5 Å². The van der Waals surface area contributed by atoms with Crippen LogP contribution in [0.2, 0.25) is 0 Å². The molecule has 0 fully saturated rings. The van der Waals surface area contributed by atoms with Crippen molar-refractivity contribution in [2.24, 2.45) is 0 Å². The molecule has 138 valence electrons. The molecular formula is C20H18N2O4S. The van der Waals surface area contributed by atoms with E-state index in [1.165, 1.54) is 17.8 Å². The maximum Gasteiger partial charge on any atom is 0.262 e. The Bertz CT molecular complexity index is 941. The molecule has 2 aromatic carbocycles. The van der Waals surface area contributed by atoms with E-state index in [2.05, 4.69) is 10.6 Å². The van der Waals surface area contributed by atoms with E-state index in [4.69, 9.17) is 9.47 Å². The number of rotatable bonds is 3. The second kappa shape index (κ2) is 7.36. The van der Waals surface area contributed by atoms with E-state index >= 15 is 0 Å². The minimum atomic E-state index is -0.325. The molecular weight excluding hydrogens is 364 g/mol. The van der Waals surface area contributed by atoms with Gasteiger partial charge >= 0.3 is 0 Å². The van der Waals surface area contributed by atoms with E-state index in [-0.39, 0.29) is 17.9 Å². The first-order valence-corrected chi connectivity index (χ1v) is 9.42. The van der Waals surface area contributed by atoms with Gasteiger partial charge in [-0.15, -0.1) is 0 Å². The lowest BCUT2D eigenvalue weighted by Crippen LogP contribution is -2.27. The molecule has 0 saturated heterocycles. The Morgan fingerprint density at radius 1 is 1.19 bits per heavy atom. The van der Waals surface area contributed by atoms with Crippen LogP contribution in [-0.2, 0) is 9.59 Å². The van der Waals surface area contributed by atoms with Crippen LogP contribution >= 0.6 is 11.8 Å². The summed E-state index contributed by atoms with van der Waals surface area (Å²) in [7, 11) is 0. The molecule has 2 heterocycles. The van der Waals surface area contributed by atoms with Gasteiger partial charge in [0.25, 0.3) is 5.91 Å². The zero-order chi connectivity index (χ0) is 18.8. The van der Waals surface area contributed by atoms with Gasteiger partial charge in [-0.05, 0) is 36.8 Å².